The first-order valence-corrected chi connectivity index (χ1v) is 4.92. The molecule has 0 unspecified atom stereocenters. The summed E-state index contributed by atoms with van der Waals surface area (Å²) < 4.78 is 12.9. The number of hydrogen-bond donors (Lipinski definition) is 1. The Hall–Kier alpha value is -0.870. The smallest absolute Gasteiger partial charge is 0.152 e. The van der Waals surface area contributed by atoms with E-state index in [9.17, 15) is 4.39 Å². The molecule has 1 aliphatic rings. The molecule has 1 aromatic rings. The van der Waals surface area contributed by atoms with Gasteiger partial charge in [0.1, 0.15) is 5.82 Å². The van der Waals surface area contributed by atoms with Crippen LogP contribution in [0.4, 0.5) is 10.1 Å². The summed E-state index contributed by atoms with van der Waals surface area (Å²) in [5, 5.41) is 3.59. The predicted molar refractivity (Wildman–Crippen MR) is 54.3 cm³/mol. The molecule has 5 heteroatoms. The van der Waals surface area contributed by atoms with Gasteiger partial charge in [0, 0.05) is 32.2 Å². The Morgan fingerprint density at radius 3 is 2.86 bits per heavy atom. The molecule has 1 fully saturated rings. The molecule has 0 aromatic carbocycles. The van der Waals surface area contributed by atoms with E-state index in [1.165, 1.54) is 6.07 Å². The van der Waals surface area contributed by atoms with Crippen LogP contribution in [0.1, 0.15) is 0 Å². The number of rotatable bonds is 1. The van der Waals surface area contributed by atoms with Crippen molar-refractivity contribution >= 4 is 17.3 Å². The molecule has 0 amide bonds. The van der Waals surface area contributed by atoms with E-state index in [4.69, 9.17) is 11.6 Å². The Morgan fingerprint density at radius 1 is 1.43 bits per heavy atom. The molecule has 1 aromatic heterocycles. The van der Waals surface area contributed by atoms with Gasteiger partial charge in [0.05, 0.1) is 11.9 Å². The number of aromatic nitrogens is 1. The van der Waals surface area contributed by atoms with E-state index in [1.807, 2.05) is 4.90 Å². The van der Waals surface area contributed by atoms with Gasteiger partial charge >= 0.3 is 0 Å². The summed E-state index contributed by atoms with van der Waals surface area (Å²) in [5.41, 5.74) is 0.688. The lowest BCUT2D eigenvalue weighted by Gasteiger charge is -2.29. The van der Waals surface area contributed by atoms with Crippen LogP contribution in [-0.2, 0) is 0 Å². The Bertz CT molecular complexity index is 326. The van der Waals surface area contributed by atoms with Crippen LogP contribution in [0.15, 0.2) is 12.3 Å². The highest BCUT2D eigenvalue weighted by molar-refractivity contribution is 6.32. The van der Waals surface area contributed by atoms with Gasteiger partial charge in [0.15, 0.2) is 5.15 Å². The number of pyridine rings is 1. The van der Waals surface area contributed by atoms with Crippen LogP contribution in [0.2, 0.25) is 5.15 Å². The molecule has 0 atom stereocenters. The van der Waals surface area contributed by atoms with Gasteiger partial charge in [-0.25, -0.2) is 9.37 Å². The third kappa shape index (κ3) is 1.96. The largest absolute Gasteiger partial charge is 0.366 e. The highest BCUT2D eigenvalue weighted by Gasteiger charge is 2.14. The fourth-order valence-corrected chi connectivity index (χ4v) is 1.76. The summed E-state index contributed by atoms with van der Waals surface area (Å²) in [7, 11) is 0. The molecular formula is C9H11ClFN3. The van der Waals surface area contributed by atoms with Crippen molar-refractivity contribution in [2.24, 2.45) is 0 Å². The monoisotopic (exact) mass is 215 g/mol. The van der Waals surface area contributed by atoms with Crippen molar-refractivity contribution in [3.8, 4) is 0 Å². The zero-order chi connectivity index (χ0) is 9.97. The van der Waals surface area contributed by atoms with Crippen molar-refractivity contribution in [1.29, 1.82) is 0 Å². The number of hydrogen-bond acceptors (Lipinski definition) is 3. The van der Waals surface area contributed by atoms with Crippen LogP contribution in [0, 0.1) is 5.82 Å². The Labute approximate surface area is 86.9 Å². The summed E-state index contributed by atoms with van der Waals surface area (Å²) in [5.74, 6) is -0.345. The predicted octanol–water partition coefficient (Wildman–Crippen LogP) is 1.28. The molecule has 0 aliphatic carbocycles. The quantitative estimate of drug-likeness (QED) is 0.716. The van der Waals surface area contributed by atoms with E-state index in [1.54, 1.807) is 0 Å². The number of nitrogens with one attached hydrogen (secondary N) is 1. The van der Waals surface area contributed by atoms with Crippen LogP contribution in [0.25, 0.3) is 0 Å². The molecule has 0 saturated carbocycles. The average molecular weight is 216 g/mol. The first kappa shape index (κ1) is 9.68. The van der Waals surface area contributed by atoms with Crippen molar-refractivity contribution in [3.63, 3.8) is 0 Å². The van der Waals surface area contributed by atoms with E-state index >= 15 is 0 Å². The van der Waals surface area contributed by atoms with E-state index in [-0.39, 0.29) is 5.82 Å². The fraction of sp³-hybridized carbons (Fsp3) is 0.444. The molecule has 1 N–H and O–H groups in total. The van der Waals surface area contributed by atoms with Gasteiger partial charge in [-0.15, -0.1) is 0 Å². The molecule has 2 rings (SSSR count). The summed E-state index contributed by atoms with van der Waals surface area (Å²) in [4.78, 5) is 5.82. The van der Waals surface area contributed by atoms with Crippen LogP contribution >= 0.6 is 11.6 Å². The molecule has 76 valence electrons. The van der Waals surface area contributed by atoms with Gasteiger partial charge in [0.2, 0.25) is 0 Å². The average Bonchev–Trinajstić information content (AvgIpc) is 2.23. The minimum absolute atomic E-state index is 0.345. The third-order valence-corrected chi connectivity index (χ3v) is 2.54. The second kappa shape index (κ2) is 4.11. The van der Waals surface area contributed by atoms with E-state index < -0.39 is 0 Å². The summed E-state index contributed by atoms with van der Waals surface area (Å²) in [6.07, 6.45) is 1.13. The van der Waals surface area contributed by atoms with Gasteiger partial charge in [-0.1, -0.05) is 11.6 Å². The van der Waals surface area contributed by atoms with Gasteiger partial charge in [-0.2, -0.15) is 0 Å². The van der Waals surface area contributed by atoms with Gasteiger partial charge in [-0.3, -0.25) is 0 Å². The highest BCUT2D eigenvalue weighted by atomic mass is 35.5. The van der Waals surface area contributed by atoms with Crippen LogP contribution in [0.3, 0.4) is 0 Å². The first-order valence-electron chi connectivity index (χ1n) is 4.54. The number of nitrogens with zero attached hydrogens (tertiary/aromatic N) is 2. The second-order valence-electron chi connectivity index (χ2n) is 3.20. The normalized spacial score (nSPS) is 17.1. The first-order chi connectivity index (χ1) is 6.77. The maximum Gasteiger partial charge on any atom is 0.152 e. The van der Waals surface area contributed by atoms with Gasteiger partial charge in [0.25, 0.3) is 0 Å². The Morgan fingerprint density at radius 2 is 2.14 bits per heavy atom. The number of halogens is 2. The van der Waals surface area contributed by atoms with Crippen molar-refractivity contribution in [2.45, 2.75) is 0 Å². The fourth-order valence-electron chi connectivity index (χ4n) is 1.54. The molecule has 1 aliphatic heterocycles. The van der Waals surface area contributed by atoms with Gasteiger partial charge in [-0.05, 0) is 0 Å². The minimum atomic E-state index is -0.345. The summed E-state index contributed by atoms with van der Waals surface area (Å²) in [6.45, 7) is 3.47. The maximum absolute atomic E-state index is 12.9. The standard InChI is InChI=1S/C9H11ClFN3/c10-9-8(5-7(11)6-13-9)14-3-1-12-2-4-14/h5-6,12H,1-4H2. The molecule has 0 radical (unpaired) electrons. The topological polar surface area (TPSA) is 28.2 Å². The number of anilines is 1. The lowest BCUT2D eigenvalue weighted by atomic mass is 10.3. The zero-order valence-electron chi connectivity index (χ0n) is 7.63. The molecule has 3 nitrogen and oxygen atoms in total. The minimum Gasteiger partial charge on any atom is -0.366 e. The zero-order valence-corrected chi connectivity index (χ0v) is 8.39. The lowest BCUT2D eigenvalue weighted by Crippen LogP contribution is -2.43. The Balaban J connectivity index is 2.24. The number of piperazine rings is 1. The molecule has 14 heavy (non-hydrogen) atoms. The molecule has 0 spiro atoms. The van der Waals surface area contributed by atoms with E-state index in [0.29, 0.717) is 10.8 Å². The van der Waals surface area contributed by atoms with Crippen LogP contribution in [0.5, 0.6) is 0 Å². The molecular weight excluding hydrogens is 205 g/mol. The van der Waals surface area contributed by atoms with Crippen molar-refractivity contribution < 1.29 is 4.39 Å². The third-order valence-electron chi connectivity index (χ3n) is 2.24. The SMILES string of the molecule is Fc1cnc(Cl)c(N2CCNCC2)c1. The van der Waals surface area contributed by atoms with Crippen molar-refractivity contribution in [3.05, 3.63) is 23.2 Å². The lowest BCUT2D eigenvalue weighted by molar-refractivity contribution is 0.582. The summed E-state index contributed by atoms with van der Waals surface area (Å²) in [6, 6.07) is 1.43. The van der Waals surface area contributed by atoms with E-state index in [2.05, 4.69) is 10.3 Å². The molecule has 1 saturated heterocycles. The van der Waals surface area contributed by atoms with Crippen LogP contribution < -0.4 is 10.2 Å². The Kier molecular flexibility index (Phi) is 2.84. The van der Waals surface area contributed by atoms with Crippen molar-refractivity contribution in [1.82, 2.24) is 10.3 Å². The second-order valence-corrected chi connectivity index (χ2v) is 3.56. The molecule has 2 heterocycles. The van der Waals surface area contributed by atoms with Gasteiger partial charge < -0.3 is 10.2 Å². The van der Waals surface area contributed by atoms with E-state index in [0.717, 1.165) is 32.4 Å². The van der Waals surface area contributed by atoms with Crippen molar-refractivity contribution in [2.75, 3.05) is 31.1 Å². The van der Waals surface area contributed by atoms with Crippen LogP contribution in [-0.4, -0.2) is 31.2 Å². The summed E-state index contributed by atoms with van der Waals surface area (Å²) >= 11 is 5.89. The highest BCUT2D eigenvalue weighted by Crippen LogP contribution is 2.24. The maximum atomic E-state index is 12.9. The molecule has 0 bridgehead atoms.